The van der Waals surface area contributed by atoms with Gasteiger partial charge in [0.1, 0.15) is 6.04 Å². The van der Waals surface area contributed by atoms with Gasteiger partial charge < -0.3 is 15.5 Å². The highest BCUT2D eigenvalue weighted by Crippen LogP contribution is 2.19. The Morgan fingerprint density at radius 3 is 2.54 bits per heavy atom. The molecular weight excluding hydrogens is 332 g/mol. The molecule has 2 saturated heterocycles. The molecule has 7 heteroatoms. The normalized spacial score (nSPS) is 21.0. The molecule has 0 saturated carbocycles. The third-order valence-electron chi connectivity index (χ3n) is 4.93. The monoisotopic (exact) mass is 358 g/mol. The van der Waals surface area contributed by atoms with E-state index in [0.717, 1.165) is 25.9 Å². The number of amides is 4. The Bertz CT molecular complexity index is 656. The van der Waals surface area contributed by atoms with Gasteiger partial charge in [-0.05, 0) is 31.4 Å². The molecule has 0 radical (unpaired) electrons. The van der Waals surface area contributed by atoms with Crippen molar-refractivity contribution in [1.29, 1.82) is 0 Å². The molecule has 0 aromatic heterocycles. The molecule has 2 aliphatic heterocycles. The first-order chi connectivity index (χ1) is 12.6. The van der Waals surface area contributed by atoms with Crippen LogP contribution in [0, 0.1) is 0 Å². The van der Waals surface area contributed by atoms with Crippen LogP contribution < -0.4 is 15.5 Å². The molecule has 0 aliphatic carbocycles. The third kappa shape index (κ3) is 4.15. The maximum atomic E-state index is 12.3. The van der Waals surface area contributed by atoms with Gasteiger partial charge in [-0.2, -0.15) is 0 Å². The van der Waals surface area contributed by atoms with Crippen molar-refractivity contribution in [3.63, 3.8) is 0 Å². The number of urea groups is 1. The zero-order valence-electron chi connectivity index (χ0n) is 15.1. The number of nitrogens with one attached hydrogen (secondary N) is 2. The molecule has 7 nitrogen and oxygen atoms in total. The van der Waals surface area contributed by atoms with Crippen LogP contribution in [0.25, 0.3) is 0 Å². The van der Waals surface area contributed by atoms with Gasteiger partial charge in [0.05, 0.1) is 6.42 Å². The Kier molecular flexibility index (Phi) is 5.75. The Labute approximate surface area is 153 Å². The van der Waals surface area contributed by atoms with E-state index in [-0.39, 0.29) is 24.3 Å². The summed E-state index contributed by atoms with van der Waals surface area (Å²) < 4.78 is 0. The molecule has 140 valence electrons. The second kappa shape index (κ2) is 8.21. The fourth-order valence-corrected chi connectivity index (χ4v) is 3.54. The van der Waals surface area contributed by atoms with E-state index in [1.807, 2.05) is 25.1 Å². The number of carbonyl (C=O) groups excluding carboxylic acids is 3. The van der Waals surface area contributed by atoms with Crippen LogP contribution in [0.1, 0.15) is 32.6 Å². The zero-order valence-corrected chi connectivity index (χ0v) is 15.1. The Balaban J connectivity index is 1.45. The summed E-state index contributed by atoms with van der Waals surface area (Å²) in [5.41, 5.74) is 1.20. The number of carbonyl (C=O) groups is 3. The Hall–Kier alpha value is -2.57. The van der Waals surface area contributed by atoms with Crippen LogP contribution >= 0.6 is 0 Å². The van der Waals surface area contributed by atoms with Gasteiger partial charge in [-0.3, -0.25) is 14.5 Å². The maximum Gasteiger partial charge on any atom is 0.324 e. The lowest BCUT2D eigenvalue weighted by Crippen LogP contribution is -2.46. The SMILES string of the molecule is CCCN1C(=O)N[C@@H](CC(=O)NC2CCN(c3ccccc3)CC2)C1=O. The summed E-state index contributed by atoms with van der Waals surface area (Å²) in [6, 6.07) is 9.22. The predicted molar refractivity (Wildman–Crippen MR) is 98.8 cm³/mol. The van der Waals surface area contributed by atoms with Crippen LogP contribution in [0.3, 0.4) is 0 Å². The number of hydrogen-bond acceptors (Lipinski definition) is 4. The van der Waals surface area contributed by atoms with Crippen LogP contribution in [0.2, 0.25) is 0 Å². The topological polar surface area (TPSA) is 81.8 Å². The van der Waals surface area contributed by atoms with Crippen LogP contribution in [-0.2, 0) is 9.59 Å². The Morgan fingerprint density at radius 1 is 1.19 bits per heavy atom. The second-order valence-electron chi connectivity index (χ2n) is 6.86. The average Bonchev–Trinajstić information content (AvgIpc) is 2.91. The van der Waals surface area contributed by atoms with Crippen LogP contribution in [-0.4, -0.2) is 54.5 Å². The lowest BCUT2D eigenvalue weighted by molar-refractivity contribution is -0.131. The van der Waals surface area contributed by atoms with Gasteiger partial charge in [-0.25, -0.2) is 4.79 Å². The van der Waals surface area contributed by atoms with Crippen LogP contribution in [0.5, 0.6) is 0 Å². The molecule has 26 heavy (non-hydrogen) atoms. The summed E-state index contributed by atoms with van der Waals surface area (Å²) in [6.45, 7) is 4.07. The standard InChI is InChI=1S/C19H26N4O3/c1-2-10-23-18(25)16(21-19(23)26)13-17(24)20-14-8-11-22(12-9-14)15-6-4-3-5-7-15/h3-7,14,16H,2,8-13H2,1H3,(H,20,24)(H,21,26)/t16-/m0/s1. The number of benzene rings is 1. The lowest BCUT2D eigenvalue weighted by Gasteiger charge is -2.34. The first-order valence-corrected chi connectivity index (χ1v) is 9.29. The molecule has 1 aromatic rings. The number of hydrogen-bond donors (Lipinski definition) is 2. The molecule has 2 aliphatic rings. The minimum absolute atomic E-state index is 0.00366. The highest BCUT2D eigenvalue weighted by Gasteiger charge is 2.38. The first-order valence-electron chi connectivity index (χ1n) is 9.29. The van der Waals surface area contributed by atoms with Gasteiger partial charge in [0.2, 0.25) is 5.91 Å². The number of imide groups is 1. The lowest BCUT2D eigenvalue weighted by atomic mass is 10.0. The first kappa shape index (κ1) is 18.2. The summed E-state index contributed by atoms with van der Waals surface area (Å²) in [7, 11) is 0. The summed E-state index contributed by atoms with van der Waals surface area (Å²) in [4.78, 5) is 39.8. The van der Waals surface area contributed by atoms with Crippen molar-refractivity contribution in [2.45, 2.75) is 44.7 Å². The van der Waals surface area contributed by atoms with Crippen molar-refractivity contribution >= 4 is 23.5 Å². The molecule has 1 aromatic carbocycles. The Morgan fingerprint density at radius 2 is 1.88 bits per heavy atom. The molecule has 2 heterocycles. The van der Waals surface area contributed by atoms with Crippen molar-refractivity contribution in [3.05, 3.63) is 30.3 Å². The summed E-state index contributed by atoms with van der Waals surface area (Å²) >= 11 is 0. The minimum atomic E-state index is -0.738. The number of rotatable bonds is 6. The molecule has 3 rings (SSSR count). The molecule has 2 fully saturated rings. The summed E-state index contributed by atoms with van der Waals surface area (Å²) in [5, 5.41) is 5.62. The number of piperidine rings is 1. The molecule has 1 atom stereocenters. The van der Waals surface area contributed by atoms with E-state index in [1.54, 1.807) is 0 Å². The van der Waals surface area contributed by atoms with Crippen molar-refractivity contribution < 1.29 is 14.4 Å². The largest absolute Gasteiger partial charge is 0.371 e. The maximum absolute atomic E-state index is 12.3. The zero-order chi connectivity index (χ0) is 18.5. The highest BCUT2D eigenvalue weighted by molar-refractivity contribution is 6.05. The van der Waals surface area contributed by atoms with Gasteiger partial charge in [0, 0.05) is 31.4 Å². The molecule has 0 spiro atoms. The third-order valence-corrected chi connectivity index (χ3v) is 4.93. The number of para-hydroxylation sites is 1. The van der Waals surface area contributed by atoms with E-state index in [0.29, 0.717) is 13.0 Å². The smallest absolute Gasteiger partial charge is 0.324 e. The van der Waals surface area contributed by atoms with E-state index in [2.05, 4.69) is 27.7 Å². The van der Waals surface area contributed by atoms with Crippen molar-refractivity contribution in [2.24, 2.45) is 0 Å². The summed E-state index contributed by atoms with van der Waals surface area (Å²) in [6.07, 6.45) is 2.45. The fourth-order valence-electron chi connectivity index (χ4n) is 3.54. The van der Waals surface area contributed by atoms with Gasteiger partial charge in [-0.1, -0.05) is 25.1 Å². The molecule has 4 amide bonds. The van der Waals surface area contributed by atoms with E-state index < -0.39 is 12.1 Å². The van der Waals surface area contributed by atoms with Crippen molar-refractivity contribution in [2.75, 3.05) is 24.5 Å². The predicted octanol–water partition coefficient (Wildman–Crippen LogP) is 1.49. The van der Waals surface area contributed by atoms with E-state index in [1.165, 1.54) is 10.6 Å². The number of anilines is 1. The molecule has 0 bridgehead atoms. The van der Waals surface area contributed by atoms with Gasteiger partial charge in [0.25, 0.3) is 5.91 Å². The van der Waals surface area contributed by atoms with Crippen LogP contribution in [0.15, 0.2) is 30.3 Å². The second-order valence-corrected chi connectivity index (χ2v) is 6.86. The van der Waals surface area contributed by atoms with Gasteiger partial charge in [0.15, 0.2) is 0 Å². The summed E-state index contributed by atoms with van der Waals surface area (Å²) in [5.74, 6) is -0.481. The van der Waals surface area contributed by atoms with Crippen molar-refractivity contribution in [1.82, 2.24) is 15.5 Å². The quantitative estimate of drug-likeness (QED) is 0.755. The van der Waals surface area contributed by atoms with Crippen LogP contribution in [0.4, 0.5) is 10.5 Å². The van der Waals surface area contributed by atoms with Crippen molar-refractivity contribution in [3.8, 4) is 0 Å². The molecular formula is C19H26N4O3. The van der Waals surface area contributed by atoms with Gasteiger partial charge in [-0.15, -0.1) is 0 Å². The minimum Gasteiger partial charge on any atom is -0.371 e. The van der Waals surface area contributed by atoms with E-state index in [9.17, 15) is 14.4 Å². The molecule has 0 unspecified atom stereocenters. The number of nitrogens with zero attached hydrogens (tertiary/aromatic N) is 2. The average molecular weight is 358 g/mol. The van der Waals surface area contributed by atoms with Gasteiger partial charge >= 0.3 is 6.03 Å². The molecule has 2 N–H and O–H groups in total. The van der Waals surface area contributed by atoms with E-state index in [4.69, 9.17) is 0 Å². The fraction of sp³-hybridized carbons (Fsp3) is 0.526. The van der Waals surface area contributed by atoms with E-state index >= 15 is 0 Å². The highest BCUT2D eigenvalue weighted by atomic mass is 16.2.